The lowest BCUT2D eigenvalue weighted by molar-refractivity contribution is -0.119. The van der Waals surface area contributed by atoms with Crippen LogP contribution in [0.15, 0.2) is 28.9 Å². The third-order valence-electron chi connectivity index (χ3n) is 4.55. The van der Waals surface area contributed by atoms with Gasteiger partial charge in [0.2, 0.25) is 5.91 Å². The summed E-state index contributed by atoms with van der Waals surface area (Å²) in [5, 5.41) is 7.65. The van der Waals surface area contributed by atoms with E-state index in [4.69, 9.17) is 9.40 Å². The summed E-state index contributed by atoms with van der Waals surface area (Å²) in [4.78, 5) is 18.3. The van der Waals surface area contributed by atoms with E-state index in [1.54, 1.807) is 13.2 Å². The average Bonchev–Trinajstić information content (AvgIpc) is 3.25. The Kier molecular flexibility index (Phi) is 3.71. The van der Waals surface area contributed by atoms with Crippen LogP contribution in [-0.4, -0.2) is 39.6 Å². The molecule has 1 aliphatic rings. The first kappa shape index (κ1) is 15.7. The Morgan fingerprint density at radius 2 is 2.24 bits per heavy atom. The number of hydrogen-bond acceptors (Lipinski definition) is 5. The van der Waals surface area contributed by atoms with E-state index in [0.717, 1.165) is 53.7 Å². The van der Waals surface area contributed by atoms with Gasteiger partial charge in [-0.15, -0.1) is 0 Å². The van der Waals surface area contributed by atoms with Crippen LogP contribution in [0.25, 0.3) is 17.1 Å². The number of furan rings is 1. The van der Waals surface area contributed by atoms with Crippen LogP contribution in [-0.2, 0) is 4.79 Å². The van der Waals surface area contributed by atoms with Crippen LogP contribution >= 0.6 is 0 Å². The predicted molar refractivity (Wildman–Crippen MR) is 94.6 cm³/mol. The summed E-state index contributed by atoms with van der Waals surface area (Å²) in [5.74, 6) is 0.770. The molecule has 1 aliphatic heterocycles. The van der Waals surface area contributed by atoms with E-state index >= 15 is 0 Å². The van der Waals surface area contributed by atoms with Crippen molar-refractivity contribution in [3.8, 4) is 11.5 Å². The molecular formula is C18H21N5O2. The van der Waals surface area contributed by atoms with Crippen molar-refractivity contribution in [3.63, 3.8) is 0 Å². The molecule has 0 aromatic carbocycles. The zero-order chi connectivity index (χ0) is 17.6. The summed E-state index contributed by atoms with van der Waals surface area (Å²) >= 11 is 0. The Morgan fingerprint density at radius 1 is 1.40 bits per heavy atom. The molecule has 1 unspecified atom stereocenters. The highest BCUT2D eigenvalue weighted by molar-refractivity contribution is 5.76. The molecule has 4 rings (SSSR count). The molecule has 0 aliphatic carbocycles. The van der Waals surface area contributed by atoms with Crippen LogP contribution in [0.5, 0.6) is 0 Å². The second kappa shape index (κ2) is 5.91. The van der Waals surface area contributed by atoms with Gasteiger partial charge in [-0.25, -0.2) is 9.50 Å². The Morgan fingerprint density at radius 3 is 2.96 bits per heavy atom. The Hall–Kier alpha value is -2.83. The lowest BCUT2D eigenvalue weighted by atomic mass is 10.2. The largest absolute Gasteiger partial charge is 0.463 e. The average molecular weight is 339 g/mol. The van der Waals surface area contributed by atoms with Gasteiger partial charge in [-0.05, 0) is 38.5 Å². The minimum atomic E-state index is 0.0136. The minimum absolute atomic E-state index is 0.0136. The SMILES string of the molecule is CC(=O)NC1CCN(c2cc(C)nn3c(-c4ccco4)c(C)nc23)C1. The first-order valence-corrected chi connectivity index (χ1v) is 8.46. The van der Waals surface area contributed by atoms with Gasteiger partial charge in [0.05, 0.1) is 23.3 Å². The quantitative estimate of drug-likeness (QED) is 0.792. The van der Waals surface area contributed by atoms with Crippen molar-refractivity contribution in [1.82, 2.24) is 19.9 Å². The fourth-order valence-electron chi connectivity index (χ4n) is 3.54. The molecule has 1 atom stereocenters. The molecule has 25 heavy (non-hydrogen) atoms. The summed E-state index contributed by atoms with van der Waals surface area (Å²) in [5.41, 5.74) is 4.53. The van der Waals surface area contributed by atoms with Crippen molar-refractivity contribution in [2.24, 2.45) is 0 Å². The van der Waals surface area contributed by atoms with E-state index in [1.807, 2.05) is 30.5 Å². The highest BCUT2D eigenvalue weighted by atomic mass is 16.3. The number of amides is 1. The monoisotopic (exact) mass is 339 g/mol. The fourth-order valence-corrected chi connectivity index (χ4v) is 3.54. The standard InChI is InChI=1S/C18H21N5O2/c1-11-9-15(22-7-6-14(10-22)20-13(3)24)18-19-12(2)17(23(18)21-11)16-5-4-8-25-16/h4-5,8-9,14H,6-7,10H2,1-3H3,(H,20,24). The van der Waals surface area contributed by atoms with Gasteiger partial charge in [0.25, 0.3) is 0 Å². The number of carbonyl (C=O) groups excluding carboxylic acids is 1. The third-order valence-corrected chi connectivity index (χ3v) is 4.55. The number of nitrogens with one attached hydrogen (secondary N) is 1. The van der Waals surface area contributed by atoms with Gasteiger partial charge in [0, 0.05) is 26.1 Å². The summed E-state index contributed by atoms with van der Waals surface area (Å²) < 4.78 is 7.44. The molecule has 3 aromatic rings. The molecule has 0 spiro atoms. The van der Waals surface area contributed by atoms with Crippen LogP contribution in [0.1, 0.15) is 24.7 Å². The normalized spacial score (nSPS) is 17.4. The molecule has 0 saturated carbocycles. The summed E-state index contributed by atoms with van der Waals surface area (Å²) in [6.45, 7) is 7.17. The van der Waals surface area contributed by atoms with Gasteiger partial charge in [-0.3, -0.25) is 4.79 Å². The molecule has 7 nitrogen and oxygen atoms in total. The van der Waals surface area contributed by atoms with Crippen LogP contribution in [0.3, 0.4) is 0 Å². The van der Waals surface area contributed by atoms with Crippen molar-refractivity contribution in [2.75, 3.05) is 18.0 Å². The van der Waals surface area contributed by atoms with Gasteiger partial charge in [-0.1, -0.05) is 0 Å². The molecule has 4 heterocycles. The molecule has 0 radical (unpaired) electrons. The zero-order valence-corrected chi connectivity index (χ0v) is 14.6. The highest BCUT2D eigenvalue weighted by Crippen LogP contribution is 2.31. The van der Waals surface area contributed by atoms with E-state index in [0.29, 0.717) is 0 Å². The van der Waals surface area contributed by atoms with Crippen molar-refractivity contribution in [3.05, 3.63) is 35.9 Å². The smallest absolute Gasteiger partial charge is 0.217 e. The second-order valence-corrected chi connectivity index (χ2v) is 6.56. The molecule has 0 bridgehead atoms. The number of imidazole rings is 1. The van der Waals surface area contributed by atoms with Crippen molar-refractivity contribution in [2.45, 2.75) is 33.2 Å². The Balaban J connectivity index is 1.78. The molecule has 1 N–H and O–H groups in total. The summed E-state index contributed by atoms with van der Waals surface area (Å²) in [7, 11) is 0. The number of carbonyl (C=O) groups is 1. The van der Waals surface area contributed by atoms with Gasteiger partial charge in [0.15, 0.2) is 11.4 Å². The first-order valence-electron chi connectivity index (χ1n) is 8.46. The molecule has 3 aromatic heterocycles. The minimum Gasteiger partial charge on any atom is -0.463 e. The molecular weight excluding hydrogens is 318 g/mol. The predicted octanol–water partition coefficient (Wildman–Crippen LogP) is 2.32. The van der Waals surface area contributed by atoms with Gasteiger partial charge in [0.1, 0.15) is 5.69 Å². The number of nitrogens with zero attached hydrogens (tertiary/aromatic N) is 4. The van der Waals surface area contributed by atoms with Crippen molar-refractivity contribution >= 4 is 17.2 Å². The number of hydrogen-bond donors (Lipinski definition) is 1. The third kappa shape index (κ3) is 2.75. The van der Waals surface area contributed by atoms with Crippen molar-refractivity contribution < 1.29 is 9.21 Å². The van der Waals surface area contributed by atoms with Crippen LogP contribution in [0.2, 0.25) is 0 Å². The van der Waals surface area contributed by atoms with E-state index in [1.165, 1.54) is 0 Å². The summed E-state index contributed by atoms with van der Waals surface area (Å²) in [6, 6.07) is 6.02. The fraction of sp³-hybridized carbons (Fsp3) is 0.389. The maximum atomic E-state index is 11.3. The molecule has 7 heteroatoms. The Labute approximate surface area is 145 Å². The highest BCUT2D eigenvalue weighted by Gasteiger charge is 2.27. The summed E-state index contributed by atoms with van der Waals surface area (Å²) in [6.07, 6.45) is 2.58. The Bertz CT molecular complexity index is 929. The maximum Gasteiger partial charge on any atom is 0.217 e. The van der Waals surface area contributed by atoms with Gasteiger partial charge < -0.3 is 14.6 Å². The first-order chi connectivity index (χ1) is 12.0. The van der Waals surface area contributed by atoms with Gasteiger partial charge in [-0.2, -0.15) is 5.10 Å². The number of rotatable bonds is 3. The van der Waals surface area contributed by atoms with E-state index in [2.05, 4.69) is 21.4 Å². The number of fused-ring (bicyclic) bond motifs is 1. The van der Waals surface area contributed by atoms with E-state index in [-0.39, 0.29) is 11.9 Å². The molecule has 1 fully saturated rings. The number of anilines is 1. The van der Waals surface area contributed by atoms with Crippen LogP contribution in [0, 0.1) is 13.8 Å². The number of aromatic nitrogens is 3. The van der Waals surface area contributed by atoms with Crippen LogP contribution < -0.4 is 10.2 Å². The lowest BCUT2D eigenvalue weighted by Gasteiger charge is -2.20. The molecule has 130 valence electrons. The second-order valence-electron chi connectivity index (χ2n) is 6.56. The number of aryl methyl sites for hydroxylation is 2. The van der Waals surface area contributed by atoms with Crippen LogP contribution in [0.4, 0.5) is 5.69 Å². The topological polar surface area (TPSA) is 75.7 Å². The van der Waals surface area contributed by atoms with Crippen molar-refractivity contribution in [1.29, 1.82) is 0 Å². The van der Waals surface area contributed by atoms with E-state index < -0.39 is 0 Å². The molecule has 1 amide bonds. The molecule has 1 saturated heterocycles. The van der Waals surface area contributed by atoms with Gasteiger partial charge >= 0.3 is 0 Å². The van der Waals surface area contributed by atoms with E-state index in [9.17, 15) is 4.79 Å². The zero-order valence-electron chi connectivity index (χ0n) is 14.6. The lowest BCUT2D eigenvalue weighted by Crippen LogP contribution is -2.35. The maximum absolute atomic E-state index is 11.3.